The first-order valence-corrected chi connectivity index (χ1v) is 9.61. The van der Waals surface area contributed by atoms with Crippen LogP contribution in [0, 0.1) is 17.0 Å². The van der Waals surface area contributed by atoms with Crippen LogP contribution >= 0.6 is 0 Å². The average molecular weight is 370 g/mol. The van der Waals surface area contributed by atoms with E-state index in [0.29, 0.717) is 0 Å². The van der Waals surface area contributed by atoms with Crippen LogP contribution in [0.3, 0.4) is 0 Å². The van der Waals surface area contributed by atoms with Gasteiger partial charge in [0.1, 0.15) is 11.6 Å². The minimum atomic E-state index is -0.270. The highest BCUT2D eigenvalue weighted by molar-refractivity contribution is 5.83. The van der Waals surface area contributed by atoms with Gasteiger partial charge in [0, 0.05) is 19.6 Å². The summed E-state index contributed by atoms with van der Waals surface area (Å²) >= 11 is 0. The SMILES string of the molecule is O=C1NCCCC12CCN(C(c1ccc(F)cc1)c1ccc(F)cc1)CC2. The van der Waals surface area contributed by atoms with Crippen LogP contribution in [-0.2, 0) is 4.79 Å². The van der Waals surface area contributed by atoms with Gasteiger partial charge in [0.25, 0.3) is 0 Å². The number of carbonyl (C=O) groups excluding carboxylic acids is 1. The molecule has 1 N–H and O–H groups in total. The molecule has 2 fully saturated rings. The Hall–Kier alpha value is -2.27. The minimum Gasteiger partial charge on any atom is -0.356 e. The summed E-state index contributed by atoms with van der Waals surface area (Å²) in [4.78, 5) is 14.8. The molecule has 0 bridgehead atoms. The van der Waals surface area contributed by atoms with E-state index in [1.54, 1.807) is 24.3 Å². The van der Waals surface area contributed by atoms with Gasteiger partial charge in [-0.3, -0.25) is 9.69 Å². The molecule has 0 saturated carbocycles. The van der Waals surface area contributed by atoms with Gasteiger partial charge in [-0.05, 0) is 61.1 Å². The third-order valence-electron chi connectivity index (χ3n) is 6.09. The Kier molecular flexibility index (Phi) is 4.96. The third-order valence-corrected chi connectivity index (χ3v) is 6.09. The molecule has 2 aliphatic rings. The first kappa shape index (κ1) is 18.1. The molecular weight excluding hydrogens is 346 g/mol. The molecule has 2 heterocycles. The summed E-state index contributed by atoms with van der Waals surface area (Å²) in [6, 6.07) is 13.0. The Balaban J connectivity index is 1.60. The van der Waals surface area contributed by atoms with Crippen molar-refractivity contribution in [3.05, 3.63) is 71.3 Å². The summed E-state index contributed by atoms with van der Waals surface area (Å²) in [5, 5.41) is 3.02. The molecule has 0 aromatic heterocycles. The van der Waals surface area contributed by atoms with E-state index in [1.807, 2.05) is 0 Å². The van der Waals surface area contributed by atoms with Crippen LogP contribution in [0.2, 0.25) is 0 Å². The lowest BCUT2D eigenvalue weighted by molar-refractivity contribution is -0.137. The van der Waals surface area contributed by atoms with Crippen molar-refractivity contribution in [2.24, 2.45) is 5.41 Å². The zero-order chi connectivity index (χ0) is 18.9. The molecule has 5 heteroatoms. The average Bonchev–Trinajstić information content (AvgIpc) is 2.69. The molecule has 2 aliphatic heterocycles. The smallest absolute Gasteiger partial charge is 0.226 e. The number of rotatable bonds is 3. The molecule has 2 aromatic carbocycles. The summed E-state index contributed by atoms with van der Waals surface area (Å²) in [5.74, 6) is -0.352. The highest BCUT2D eigenvalue weighted by Gasteiger charge is 2.43. The van der Waals surface area contributed by atoms with Crippen LogP contribution in [0.1, 0.15) is 42.9 Å². The fourth-order valence-electron chi connectivity index (χ4n) is 4.52. The number of hydrogen-bond acceptors (Lipinski definition) is 2. The lowest BCUT2D eigenvalue weighted by Crippen LogP contribution is -2.52. The molecule has 0 radical (unpaired) electrons. The fraction of sp³-hybridized carbons (Fsp3) is 0.409. The van der Waals surface area contributed by atoms with Crippen molar-refractivity contribution in [3.8, 4) is 0 Å². The van der Waals surface area contributed by atoms with Gasteiger partial charge in [-0.2, -0.15) is 0 Å². The van der Waals surface area contributed by atoms with E-state index in [1.165, 1.54) is 24.3 Å². The van der Waals surface area contributed by atoms with Gasteiger partial charge in [0.05, 0.1) is 11.5 Å². The Morgan fingerprint density at radius 3 is 1.85 bits per heavy atom. The van der Waals surface area contributed by atoms with Gasteiger partial charge >= 0.3 is 0 Å². The molecule has 2 saturated heterocycles. The van der Waals surface area contributed by atoms with Crippen molar-refractivity contribution in [2.45, 2.75) is 31.7 Å². The van der Waals surface area contributed by atoms with Crippen molar-refractivity contribution in [2.75, 3.05) is 19.6 Å². The van der Waals surface area contributed by atoms with E-state index in [4.69, 9.17) is 0 Å². The van der Waals surface area contributed by atoms with Gasteiger partial charge in [-0.25, -0.2) is 8.78 Å². The molecule has 4 rings (SSSR count). The molecule has 2 aromatic rings. The molecular formula is C22H24F2N2O. The minimum absolute atomic E-state index is 0.0739. The number of hydrogen-bond donors (Lipinski definition) is 1. The zero-order valence-corrected chi connectivity index (χ0v) is 15.3. The van der Waals surface area contributed by atoms with Crippen LogP contribution in [0.25, 0.3) is 0 Å². The second kappa shape index (κ2) is 7.39. The molecule has 0 aliphatic carbocycles. The largest absolute Gasteiger partial charge is 0.356 e. The number of halogens is 2. The van der Waals surface area contributed by atoms with Gasteiger partial charge in [-0.1, -0.05) is 24.3 Å². The van der Waals surface area contributed by atoms with E-state index in [-0.39, 0.29) is 29.0 Å². The van der Waals surface area contributed by atoms with Crippen molar-refractivity contribution >= 4 is 5.91 Å². The summed E-state index contributed by atoms with van der Waals surface area (Å²) in [7, 11) is 0. The van der Waals surface area contributed by atoms with Crippen LogP contribution < -0.4 is 5.32 Å². The van der Waals surface area contributed by atoms with Crippen molar-refractivity contribution in [3.63, 3.8) is 0 Å². The van der Waals surface area contributed by atoms with Crippen molar-refractivity contribution in [1.29, 1.82) is 0 Å². The monoisotopic (exact) mass is 370 g/mol. The van der Waals surface area contributed by atoms with E-state index in [2.05, 4.69) is 10.2 Å². The molecule has 142 valence electrons. The number of likely N-dealkylation sites (tertiary alicyclic amines) is 1. The Morgan fingerprint density at radius 1 is 0.852 bits per heavy atom. The standard InChI is InChI=1S/C22H24F2N2O/c23-18-6-2-16(3-7-18)20(17-4-8-19(24)9-5-17)26-14-11-22(12-15-26)10-1-13-25-21(22)27/h2-9,20H,1,10-15H2,(H,25,27). The van der Waals surface area contributed by atoms with E-state index in [9.17, 15) is 13.6 Å². The van der Waals surface area contributed by atoms with Crippen LogP contribution in [0.5, 0.6) is 0 Å². The Bertz CT molecular complexity index is 751. The summed E-state index contributed by atoms with van der Waals surface area (Å²) in [6.07, 6.45) is 3.62. The Labute approximate surface area is 158 Å². The number of piperidine rings is 2. The number of amides is 1. The lowest BCUT2D eigenvalue weighted by Gasteiger charge is -2.45. The molecule has 27 heavy (non-hydrogen) atoms. The topological polar surface area (TPSA) is 32.3 Å². The maximum atomic E-state index is 13.4. The van der Waals surface area contributed by atoms with E-state index in [0.717, 1.165) is 56.4 Å². The van der Waals surface area contributed by atoms with E-state index >= 15 is 0 Å². The second-order valence-corrected chi connectivity index (χ2v) is 7.68. The van der Waals surface area contributed by atoms with Crippen LogP contribution in [0.4, 0.5) is 8.78 Å². The molecule has 1 spiro atoms. The van der Waals surface area contributed by atoms with Gasteiger partial charge < -0.3 is 5.32 Å². The van der Waals surface area contributed by atoms with Crippen molar-refractivity contribution < 1.29 is 13.6 Å². The summed E-state index contributed by atoms with van der Waals surface area (Å²) in [6.45, 7) is 2.35. The zero-order valence-electron chi connectivity index (χ0n) is 15.3. The molecule has 0 atom stereocenters. The first-order chi connectivity index (χ1) is 13.1. The highest BCUT2D eigenvalue weighted by Crippen LogP contribution is 2.41. The Morgan fingerprint density at radius 2 is 1.37 bits per heavy atom. The van der Waals surface area contributed by atoms with Gasteiger partial charge in [0.15, 0.2) is 0 Å². The van der Waals surface area contributed by atoms with Crippen LogP contribution in [0.15, 0.2) is 48.5 Å². The summed E-state index contributed by atoms with van der Waals surface area (Å²) in [5.41, 5.74) is 1.71. The van der Waals surface area contributed by atoms with Gasteiger partial charge in [-0.15, -0.1) is 0 Å². The van der Waals surface area contributed by atoms with Crippen LogP contribution in [-0.4, -0.2) is 30.4 Å². The molecule has 0 unspecified atom stereocenters. The van der Waals surface area contributed by atoms with E-state index < -0.39 is 0 Å². The maximum Gasteiger partial charge on any atom is 0.226 e. The molecule has 1 amide bonds. The van der Waals surface area contributed by atoms with Gasteiger partial charge in [0.2, 0.25) is 5.91 Å². The predicted molar refractivity (Wildman–Crippen MR) is 100 cm³/mol. The molecule has 3 nitrogen and oxygen atoms in total. The second-order valence-electron chi connectivity index (χ2n) is 7.68. The van der Waals surface area contributed by atoms with Crippen molar-refractivity contribution in [1.82, 2.24) is 10.2 Å². The quantitative estimate of drug-likeness (QED) is 0.884. The number of benzene rings is 2. The number of nitrogens with zero attached hydrogens (tertiary/aromatic N) is 1. The fourth-order valence-corrected chi connectivity index (χ4v) is 4.52. The predicted octanol–water partition coefficient (Wildman–Crippen LogP) is 4.05. The normalized spacial score (nSPS) is 20.0. The third kappa shape index (κ3) is 3.61. The number of nitrogens with one attached hydrogen (secondary N) is 1. The maximum absolute atomic E-state index is 13.4. The first-order valence-electron chi connectivity index (χ1n) is 9.61. The summed E-state index contributed by atoms with van der Waals surface area (Å²) < 4.78 is 26.8. The number of carbonyl (C=O) groups is 1. The highest BCUT2D eigenvalue weighted by atomic mass is 19.1. The lowest BCUT2D eigenvalue weighted by atomic mass is 9.72.